The number of aliphatic carboxylic acids is 1. The van der Waals surface area contributed by atoms with Crippen LogP contribution in [0.2, 0.25) is 0 Å². The molecule has 2 heterocycles. The summed E-state index contributed by atoms with van der Waals surface area (Å²) in [6.45, 7) is 2.42. The van der Waals surface area contributed by atoms with E-state index in [2.05, 4.69) is 5.32 Å². The van der Waals surface area contributed by atoms with Gasteiger partial charge in [0.1, 0.15) is 5.92 Å². The SMILES string of the molecule is CCC(NC(=O)N(C)C1COCC1C(=O)O)c1cccs1. The first-order valence-electron chi connectivity index (χ1n) is 6.91. The van der Waals surface area contributed by atoms with Crippen molar-refractivity contribution in [3.05, 3.63) is 22.4 Å². The monoisotopic (exact) mass is 312 g/mol. The van der Waals surface area contributed by atoms with Crippen molar-refractivity contribution in [3.63, 3.8) is 0 Å². The van der Waals surface area contributed by atoms with E-state index in [9.17, 15) is 9.59 Å². The summed E-state index contributed by atoms with van der Waals surface area (Å²) in [6.07, 6.45) is 0.781. The molecule has 3 atom stereocenters. The second-order valence-electron chi connectivity index (χ2n) is 5.09. The molecule has 1 aliphatic heterocycles. The molecular weight excluding hydrogens is 292 g/mol. The number of urea groups is 1. The largest absolute Gasteiger partial charge is 0.481 e. The van der Waals surface area contributed by atoms with Crippen molar-refractivity contribution in [1.29, 1.82) is 0 Å². The van der Waals surface area contributed by atoms with Crippen LogP contribution in [-0.4, -0.2) is 48.3 Å². The van der Waals surface area contributed by atoms with Gasteiger partial charge in [-0.2, -0.15) is 0 Å². The van der Waals surface area contributed by atoms with Gasteiger partial charge >= 0.3 is 12.0 Å². The third kappa shape index (κ3) is 3.54. The van der Waals surface area contributed by atoms with E-state index in [1.165, 1.54) is 4.90 Å². The lowest BCUT2D eigenvalue weighted by molar-refractivity contribution is -0.142. The minimum absolute atomic E-state index is 0.0504. The number of thiophene rings is 1. The van der Waals surface area contributed by atoms with Crippen LogP contribution in [0.5, 0.6) is 0 Å². The minimum Gasteiger partial charge on any atom is -0.481 e. The smallest absolute Gasteiger partial charge is 0.318 e. The molecule has 0 bridgehead atoms. The number of hydrogen-bond acceptors (Lipinski definition) is 4. The molecule has 2 rings (SSSR count). The van der Waals surface area contributed by atoms with Crippen molar-refractivity contribution in [2.24, 2.45) is 5.92 Å². The Morgan fingerprint density at radius 3 is 2.90 bits per heavy atom. The highest BCUT2D eigenvalue weighted by Gasteiger charge is 2.38. The molecule has 1 aromatic rings. The van der Waals surface area contributed by atoms with Crippen molar-refractivity contribution in [2.45, 2.75) is 25.4 Å². The summed E-state index contributed by atoms with van der Waals surface area (Å²) in [6, 6.07) is 3.19. The average molecular weight is 312 g/mol. The van der Waals surface area contributed by atoms with E-state index >= 15 is 0 Å². The van der Waals surface area contributed by atoms with Gasteiger partial charge in [0.15, 0.2) is 0 Å². The molecule has 7 heteroatoms. The van der Waals surface area contributed by atoms with Crippen LogP contribution in [0.4, 0.5) is 4.79 Å². The Morgan fingerprint density at radius 1 is 1.57 bits per heavy atom. The average Bonchev–Trinajstić information content (AvgIpc) is 3.13. The number of nitrogens with one attached hydrogen (secondary N) is 1. The number of carboxylic acids is 1. The van der Waals surface area contributed by atoms with Crippen LogP contribution in [0.25, 0.3) is 0 Å². The Kier molecular flexibility index (Phi) is 5.19. The lowest BCUT2D eigenvalue weighted by Crippen LogP contribution is -2.49. The van der Waals surface area contributed by atoms with E-state index in [1.54, 1.807) is 18.4 Å². The van der Waals surface area contributed by atoms with E-state index in [1.807, 2.05) is 24.4 Å². The number of ether oxygens (including phenoxy) is 1. The van der Waals surface area contributed by atoms with Gasteiger partial charge in [-0.05, 0) is 17.9 Å². The highest BCUT2D eigenvalue weighted by Crippen LogP contribution is 2.23. The predicted octanol–water partition coefficient (Wildman–Crippen LogP) is 1.94. The van der Waals surface area contributed by atoms with E-state index in [0.717, 1.165) is 11.3 Å². The number of nitrogens with zero attached hydrogens (tertiary/aromatic N) is 1. The fourth-order valence-corrected chi connectivity index (χ4v) is 3.29. The molecule has 1 aromatic heterocycles. The van der Waals surface area contributed by atoms with Crippen molar-refractivity contribution >= 4 is 23.3 Å². The molecule has 0 radical (unpaired) electrons. The quantitative estimate of drug-likeness (QED) is 0.871. The van der Waals surface area contributed by atoms with Gasteiger partial charge < -0.3 is 20.1 Å². The number of carboxylic acid groups (broad SMARTS) is 1. The fourth-order valence-electron chi connectivity index (χ4n) is 2.43. The van der Waals surface area contributed by atoms with Crippen molar-refractivity contribution in [1.82, 2.24) is 10.2 Å². The van der Waals surface area contributed by atoms with Crippen LogP contribution < -0.4 is 5.32 Å². The van der Waals surface area contributed by atoms with E-state index < -0.39 is 17.9 Å². The Bertz CT molecular complexity index is 491. The minimum atomic E-state index is -0.928. The molecule has 0 saturated carbocycles. The fraction of sp³-hybridized carbons (Fsp3) is 0.571. The van der Waals surface area contributed by atoms with E-state index in [4.69, 9.17) is 9.84 Å². The molecule has 116 valence electrons. The van der Waals surface area contributed by atoms with Crippen LogP contribution in [0, 0.1) is 5.92 Å². The van der Waals surface area contributed by atoms with Crippen LogP contribution in [0.3, 0.4) is 0 Å². The van der Waals surface area contributed by atoms with Gasteiger partial charge in [-0.1, -0.05) is 13.0 Å². The molecule has 1 aliphatic rings. The lowest BCUT2D eigenvalue weighted by atomic mass is 10.0. The summed E-state index contributed by atoms with van der Waals surface area (Å²) >= 11 is 1.59. The molecule has 0 aromatic carbocycles. The van der Waals surface area contributed by atoms with Gasteiger partial charge in [0.2, 0.25) is 0 Å². The molecule has 1 fully saturated rings. The summed E-state index contributed by atoms with van der Waals surface area (Å²) in [5.41, 5.74) is 0. The number of rotatable bonds is 5. The Morgan fingerprint density at radius 2 is 2.33 bits per heavy atom. The molecule has 3 unspecified atom stereocenters. The Labute approximate surface area is 127 Å². The Hall–Kier alpha value is -1.60. The molecule has 6 nitrogen and oxygen atoms in total. The first-order chi connectivity index (χ1) is 10.0. The van der Waals surface area contributed by atoms with Gasteiger partial charge in [-0.3, -0.25) is 4.79 Å². The molecule has 0 spiro atoms. The first-order valence-corrected chi connectivity index (χ1v) is 7.79. The van der Waals surface area contributed by atoms with Gasteiger partial charge in [-0.25, -0.2) is 4.79 Å². The van der Waals surface area contributed by atoms with Gasteiger partial charge in [-0.15, -0.1) is 11.3 Å². The second-order valence-corrected chi connectivity index (χ2v) is 6.07. The number of carbonyl (C=O) groups is 2. The number of hydrogen-bond donors (Lipinski definition) is 2. The van der Waals surface area contributed by atoms with Gasteiger partial charge in [0, 0.05) is 11.9 Å². The number of amides is 2. The van der Waals surface area contributed by atoms with Crippen molar-refractivity contribution in [3.8, 4) is 0 Å². The first kappa shape index (κ1) is 15.8. The van der Waals surface area contributed by atoms with Crippen LogP contribution in [-0.2, 0) is 9.53 Å². The number of carbonyl (C=O) groups excluding carboxylic acids is 1. The van der Waals surface area contributed by atoms with Crippen molar-refractivity contribution in [2.75, 3.05) is 20.3 Å². The number of likely N-dealkylation sites (N-methyl/N-ethyl adjacent to an activating group) is 1. The maximum Gasteiger partial charge on any atom is 0.318 e. The third-order valence-corrected chi connectivity index (χ3v) is 4.76. The third-order valence-electron chi connectivity index (χ3n) is 3.78. The zero-order valence-corrected chi connectivity index (χ0v) is 12.9. The maximum absolute atomic E-state index is 12.3. The summed E-state index contributed by atoms with van der Waals surface area (Å²) in [5, 5.41) is 14.1. The normalized spacial score (nSPS) is 22.8. The standard InChI is InChI=1S/C14H20N2O4S/c1-3-10(12-5-4-6-21-12)15-14(19)16(2)11-8-20-7-9(11)13(17)18/h4-6,9-11H,3,7-8H2,1-2H3,(H,15,19)(H,17,18). The van der Waals surface area contributed by atoms with E-state index in [-0.39, 0.29) is 25.3 Å². The second kappa shape index (κ2) is 6.91. The highest BCUT2D eigenvalue weighted by atomic mass is 32.1. The maximum atomic E-state index is 12.3. The zero-order valence-electron chi connectivity index (χ0n) is 12.1. The predicted molar refractivity (Wildman–Crippen MR) is 79.4 cm³/mol. The summed E-state index contributed by atoms with van der Waals surface area (Å²) in [7, 11) is 1.62. The topological polar surface area (TPSA) is 78.9 Å². The van der Waals surface area contributed by atoms with Crippen LogP contribution in [0.1, 0.15) is 24.3 Å². The van der Waals surface area contributed by atoms with Crippen LogP contribution in [0.15, 0.2) is 17.5 Å². The summed E-state index contributed by atoms with van der Waals surface area (Å²) in [5.74, 6) is -1.59. The summed E-state index contributed by atoms with van der Waals surface area (Å²) < 4.78 is 5.21. The molecule has 21 heavy (non-hydrogen) atoms. The van der Waals surface area contributed by atoms with Gasteiger partial charge in [0.05, 0.1) is 25.3 Å². The lowest BCUT2D eigenvalue weighted by Gasteiger charge is -2.28. The highest BCUT2D eigenvalue weighted by molar-refractivity contribution is 7.10. The Balaban J connectivity index is 2.00. The van der Waals surface area contributed by atoms with Gasteiger partial charge in [0.25, 0.3) is 0 Å². The molecule has 1 saturated heterocycles. The molecule has 2 amide bonds. The zero-order chi connectivity index (χ0) is 15.4. The molecule has 2 N–H and O–H groups in total. The van der Waals surface area contributed by atoms with E-state index in [0.29, 0.717) is 0 Å². The molecular formula is C14H20N2O4S. The van der Waals surface area contributed by atoms with Crippen LogP contribution >= 0.6 is 11.3 Å². The van der Waals surface area contributed by atoms with Crippen molar-refractivity contribution < 1.29 is 19.4 Å². The summed E-state index contributed by atoms with van der Waals surface area (Å²) in [4.78, 5) is 26.0. The molecule has 0 aliphatic carbocycles.